The van der Waals surface area contributed by atoms with E-state index in [1.54, 1.807) is 0 Å². The Bertz CT molecular complexity index is 225. The Morgan fingerprint density at radius 3 is 2.56 bits per heavy atom. The normalized spacial score (nSPS) is 24.8. The number of nitrogens with one attached hydrogen (secondary N) is 1. The van der Waals surface area contributed by atoms with E-state index in [9.17, 15) is 0 Å². The number of aliphatic hydroxyl groups excluding tert-OH is 1. The largest absolute Gasteiger partial charge is 0.396 e. The lowest BCUT2D eigenvalue weighted by Crippen LogP contribution is -2.40. The van der Waals surface area contributed by atoms with E-state index >= 15 is 0 Å². The first-order valence-electron chi connectivity index (χ1n) is 7.48. The van der Waals surface area contributed by atoms with Gasteiger partial charge >= 0.3 is 0 Å². The standard InChI is InChI=1S/C15H32N2O/c1-15(2,3)13-6-5-9-17(10-7-13)12-14(16-4)8-11-18/h13-14,16,18H,5-12H2,1-4H3. The smallest absolute Gasteiger partial charge is 0.0446 e. The molecule has 0 saturated carbocycles. The predicted molar refractivity (Wildman–Crippen MR) is 77.8 cm³/mol. The van der Waals surface area contributed by atoms with Crippen LogP contribution in [0.5, 0.6) is 0 Å². The zero-order valence-corrected chi connectivity index (χ0v) is 12.7. The van der Waals surface area contributed by atoms with Gasteiger partial charge in [-0.15, -0.1) is 0 Å². The van der Waals surface area contributed by atoms with Crippen LogP contribution in [0.1, 0.15) is 46.5 Å². The van der Waals surface area contributed by atoms with Gasteiger partial charge < -0.3 is 15.3 Å². The van der Waals surface area contributed by atoms with Gasteiger partial charge in [-0.3, -0.25) is 0 Å². The van der Waals surface area contributed by atoms with Crippen LogP contribution in [-0.4, -0.2) is 49.3 Å². The molecule has 0 radical (unpaired) electrons. The molecule has 1 aliphatic heterocycles. The van der Waals surface area contributed by atoms with E-state index in [4.69, 9.17) is 5.11 Å². The van der Waals surface area contributed by atoms with Crippen LogP contribution in [0, 0.1) is 11.3 Å². The highest BCUT2D eigenvalue weighted by molar-refractivity contribution is 4.80. The van der Waals surface area contributed by atoms with Crippen LogP contribution in [0.15, 0.2) is 0 Å². The van der Waals surface area contributed by atoms with Crippen LogP contribution in [0.3, 0.4) is 0 Å². The zero-order chi connectivity index (χ0) is 13.6. The Hall–Kier alpha value is -0.120. The van der Waals surface area contributed by atoms with E-state index in [1.165, 1.54) is 32.4 Å². The first-order valence-corrected chi connectivity index (χ1v) is 7.48. The molecule has 1 heterocycles. The number of hydrogen-bond acceptors (Lipinski definition) is 3. The first-order chi connectivity index (χ1) is 8.47. The Morgan fingerprint density at radius 2 is 2.00 bits per heavy atom. The molecule has 108 valence electrons. The van der Waals surface area contributed by atoms with Gasteiger partial charge in [-0.1, -0.05) is 20.8 Å². The van der Waals surface area contributed by atoms with E-state index in [1.807, 2.05) is 7.05 Å². The Balaban J connectivity index is 2.41. The second-order valence-electron chi connectivity index (χ2n) is 6.79. The average molecular weight is 256 g/mol. The Morgan fingerprint density at radius 1 is 1.28 bits per heavy atom. The average Bonchev–Trinajstić information content (AvgIpc) is 2.53. The van der Waals surface area contributed by atoms with Crippen LogP contribution >= 0.6 is 0 Å². The van der Waals surface area contributed by atoms with Crippen LogP contribution in [0.2, 0.25) is 0 Å². The SMILES string of the molecule is CNC(CCO)CN1CCCC(C(C)(C)C)CC1. The molecule has 3 heteroatoms. The van der Waals surface area contributed by atoms with Gasteiger partial charge in [0.05, 0.1) is 0 Å². The molecule has 1 rings (SSSR count). The number of likely N-dealkylation sites (N-methyl/N-ethyl adjacent to an activating group) is 1. The summed E-state index contributed by atoms with van der Waals surface area (Å²) in [4.78, 5) is 2.57. The fourth-order valence-electron chi connectivity index (χ4n) is 3.00. The van der Waals surface area contributed by atoms with Crippen molar-refractivity contribution in [1.82, 2.24) is 10.2 Å². The third-order valence-electron chi connectivity index (χ3n) is 4.41. The summed E-state index contributed by atoms with van der Waals surface area (Å²) >= 11 is 0. The van der Waals surface area contributed by atoms with Crippen molar-refractivity contribution in [3.63, 3.8) is 0 Å². The van der Waals surface area contributed by atoms with E-state index in [-0.39, 0.29) is 6.61 Å². The Labute approximate surface area is 113 Å². The van der Waals surface area contributed by atoms with Crippen LogP contribution in [0.4, 0.5) is 0 Å². The maximum atomic E-state index is 9.04. The monoisotopic (exact) mass is 256 g/mol. The van der Waals surface area contributed by atoms with Crippen molar-refractivity contribution in [3.8, 4) is 0 Å². The summed E-state index contributed by atoms with van der Waals surface area (Å²) in [6.07, 6.45) is 4.86. The zero-order valence-electron chi connectivity index (χ0n) is 12.7. The summed E-state index contributed by atoms with van der Waals surface area (Å²) in [6, 6.07) is 0.432. The molecule has 0 aliphatic carbocycles. The molecule has 0 aromatic heterocycles. The van der Waals surface area contributed by atoms with Crippen LogP contribution < -0.4 is 5.32 Å². The predicted octanol–water partition coefficient (Wildman–Crippen LogP) is 2.10. The lowest BCUT2D eigenvalue weighted by atomic mass is 9.77. The third kappa shape index (κ3) is 5.25. The maximum absolute atomic E-state index is 9.04. The van der Waals surface area contributed by atoms with Gasteiger partial charge in [-0.25, -0.2) is 0 Å². The fraction of sp³-hybridized carbons (Fsp3) is 1.00. The number of aliphatic hydroxyl groups is 1. The first kappa shape index (κ1) is 15.9. The highest BCUT2D eigenvalue weighted by Gasteiger charge is 2.27. The van der Waals surface area contributed by atoms with E-state index in [0.717, 1.165) is 18.9 Å². The van der Waals surface area contributed by atoms with Crippen molar-refractivity contribution in [2.24, 2.45) is 11.3 Å². The summed E-state index contributed by atoms with van der Waals surface area (Å²) in [6.45, 7) is 10.9. The summed E-state index contributed by atoms with van der Waals surface area (Å²) in [7, 11) is 2.00. The van der Waals surface area contributed by atoms with Crippen molar-refractivity contribution in [2.45, 2.75) is 52.5 Å². The molecule has 0 aromatic rings. The summed E-state index contributed by atoms with van der Waals surface area (Å²) < 4.78 is 0. The molecule has 0 aromatic carbocycles. The van der Waals surface area contributed by atoms with Crippen molar-refractivity contribution in [1.29, 1.82) is 0 Å². The van der Waals surface area contributed by atoms with E-state index < -0.39 is 0 Å². The van der Waals surface area contributed by atoms with Gasteiger partial charge in [-0.2, -0.15) is 0 Å². The van der Waals surface area contributed by atoms with Crippen molar-refractivity contribution in [2.75, 3.05) is 33.3 Å². The molecule has 2 atom stereocenters. The molecule has 0 amide bonds. The summed E-state index contributed by atoms with van der Waals surface area (Å²) in [5, 5.41) is 12.4. The van der Waals surface area contributed by atoms with E-state index in [2.05, 4.69) is 31.0 Å². The number of nitrogens with zero attached hydrogens (tertiary/aromatic N) is 1. The molecular formula is C15H32N2O. The van der Waals surface area contributed by atoms with Gasteiger partial charge in [0.15, 0.2) is 0 Å². The van der Waals surface area contributed by atoms with Gasteiger partial charge in [-0.05, 0) is 57.2 Å². The molecule has 18 heavy (non-hydrogen) atoms. The maximum Gasteiger partial charge on any atom is 0.0446 e. The van der Waals surface area contributed by atoms with Gasteiger partial charge in [0.2, 0.25) is 0 Å². The molecule has 2 unspecified atom stereocenters. The molecule has 1 aliphatic rings. The van der Waals surface area contributed by atoms with Crippen LogP contribution in [-0.2, 0) is 0 Å². The highest BCUT2D eigenvalue weighted by atomic mass is 16.3. The van der Waals surface area contributed by atoms with Crippen molar-refractivity contribution < 1.29 is 5.11 Å². The van der Waals surface area contributed by atoms with Crippen LogP contribution in [0.25, 0.3) is 0 Å². The fourth-order valence-corrected chi connectivity index (χ4v) is 3.00. The van der Waals surface area contributed by atoms with E-state index in [0.29, 0.717) is 11.5 Å². The van der Waals surface area contributed by atoms with Crippen molar-refractivity contribution >= 4 is 0 Å². The second kappa shape index (κ2) is 7.46. The lowest BCUT2D eigenvalue weighted by Gasteiger charge is -2.30. The number of likely N-dealkylation sites (tertiary alicyclic amines) is 1. The summed E-state index contributed by atoms with van der Waals surface area (Å²) in [5.74, 6) is 0.855. The van der Waals surface area contributed by atoms with Gasteiger partial charge in [0.1, 0.15) is 0 Å². The minimum atomic E-state index is 0.282. The van der Waals surface area contributed by atoms with Crippen molar-refractivity contribution in [3.05, 3.63) is 0 Å². The molecule has 1 saturated heterocycles. The molecular weight excluding hydrogens is 224 g/mol. The highest BCUT2D eigenvalue weighted by Crippen LogP contribution is 2.34. The topological polar surface area (TPSA) is 35.5 Å². The molecule has 2 N–H and O–H groups in total. The second-order valence-corrected chi connectivity index (χ2v) is 6.79. The van der Waals surface area contributed by atoms with Gasteiger partial charge in [0, 0.05) is 19.2 Å². The number of hydrogen-bond donors (Lipinski definition) is 2. The third-order valence-corrected chi connectivity index (χ3v) is 4.41. The molecule has 0 spiro atoms. The minimum Gasteiger partial charge on any atom is -0.396 e. The Kier molecular flexibility index (Phi) is 6.61. The number of rotatable bonds is 5. The lowest BCUT2D eigenvalue weighted by molar-refractivity contribution is 0.195. The molecule has 0 bridgehead atoms. The quantitative estimate of drug-likeness (QED) is 0.791. The van der Waals surface area contributed by atoms with Gasteiger partial charge in [0.25, 0.3) is 0 Å². The minimum absolute atomic E-state index is 0.282. The molecule has 3 nitrogen and oxygen atoms in total. The summed E-state index contributed by atoms with van der Waals surface area (Å²) in [5.41, 5.74) is 0.448. The molecule has 1 fully saturated rings.